The van der Waals surface area contributed by atoms with Gasteiger partial charge in [0, 0.05) is 18.7 Å². The van der Waals surface area contributed by atoms with Gasteiger partial charge in [-0.1, -0.05) is 5.16 Å². The zero-order chi connectivity index (χ0) is 17.7. The predicted molar refractivity (Wildman–Crippen MR) is 89.2 cm³/mol. The summed E-state index contributed by atoms with van der Waals surface area (Å²) in [5.41, 5.74) is 1.55. The standard InChI is InChI=1S/C17H23N3O4/c1-11-8-13(19-24-11)10-20(3)17(21)18-12(2)15-9-14(22-4)6-7-16(15)23-5/h6-9,12H,10H2,1-5H3,(H,18,21)/t12-/m0/s1. The number of nitrogens with zero attached hydrogens (tertiary/aromatic N) is 2. The van der Waals surface area contributed by atoms with Gasteiger partial charge in [-0.05, 0) is 32.0 Å². The molecular weight excluding hydrogens is 310 g/mol. The van der Waals surface area contributed by atoms with Crippen LogP contribution in [-0.4, -0.2) is 37.4 Å². The molecule has 1 N–H and O–H groups in total. The van der Waals surface area contributed by atoms with Crippen LogP contribution in [0.5, 0.6) is 11.5 Å². The Bertz CT molecular complexity index is 699. The molecule has 0 bridgehead atoms. The molecule has 24 heavy (non-hydrogen) atoms. The molecule has 0 saturated heterocycles. The van der Waals surface area contributed by atoms with Crippen molar-refractivity contribution in [1.29, 1.82) is 0 Å². The molecule has 0 aliphatic heterocycles. The number of hydrogen-bond donors (Lipinski definition) is 1. The van der Waals surface area contributed by atoms with Crippen LogP contribution in [-0.2, 0) is 6.54 Å². The summed E-state index contributed by atoms with van der Waals surface area (Å²) in [6, 6.07) is 6.83. The first-order valence-electron chi connectivity index (χ1n) is 7.60. The number of hydrogen-bond acceptors (Lipinski definition) is 5. The molecule has 7 nitrogen and oxygen atoms in total. The van der Waals surface area contributed by atoms with Crippen molar-refractivity contribution in [1.82, 2.24) is 15.4 Å². The normalized spacial score (nSPS) is 11.7. The Morgan fingerprint density at radius 2 is 2.08 bits per heavy atom. The van der Waals surface area contributed by atoms with Crippen molar-refractivity contribution in [3.8, 4) is 11.5 Å². The predicted octanol–water partition coefficient (Wildman–Crippen LogP) is 2.90. The van der Waals surface area contributed by atoms with Gasteiger partial charge in [-0.3, -0.25) is 0 Å². The number of nitrogens with one attached hydrogen (secondary N) is 1. The first-order chi connectivity index (χ1) is 11.4. The van der Waals surface area contributed by atoms with Crippen LogP contribution in [0.4, 0.5) is 4.79 Å². The second-order valence-electron chi connectivity index (χ2n) is 5.56. The van der Waals surface area contributed by atoms with Crippen LogP contribution in [0.2, 0.25) is 0 Å². The maximum absolute atomic E-state index is 12.4. The third-order valence-electron chi connectivity index (χ3n) is 3.67. The highest BCUT2D eigenvalue weighted by molar-refractivity contribution is 5.74. The first kappa shape index (κ1) is 17.7. The van der Waals surface area contributed by atoms with Gasteiger partial charge in [-0.15, -0.1) is 0 Å². The second-order valence-corrected chi connectivity index (χ2v) is 5.56. The van der Waals surface area contributed by atoms with Gasteiger partial charge in [0.1, 0.15) is 23.0 Å². The van der Waals surface area contributed by atoms with E-state index in [1.807, 2.05) is 32.0 Å². The molecule has 0 fully saturated rings. The van der Waals surface area contributed by atoms with E-state index in [-0.39, 0.29) is 12.1 Å². The number of ether oxygens (including phenoxy) is 2. The third kappa shape index (κ3) is 4.18. The molecule has 1 atom stereocenters. The van der Waals surface area contributed by atoms with Gasteiger partial charge >= 0.3 is 6.03 Å². The minimum atomic E-state index is -0.246. The van der Waals surface area contributed by atoms with Crippen molar-refractivity contribution in [3.63, 3.8) is 0 Å². The van der Waals surface area contributed by atoms with Crippen LogP contribution in [0.15, 0.2) is 28.8 Å². The molecule has 2 aromatic rings. The van der Waals surface area contributed by atoms with Crippen molar-refractivity contribution in [2.24, 2.45) is 0 Å². The van der Waals surface area contributed by atoms with Crippen LogP contribution < -0.4 is 14.8 Å². The Labute approximate surface area is 141 Å². The molecule has 2 amide bonds. The number of amides is 2. The number of carbonyl (C=O) groups is 1. The Kier molecular flexibility index (Phi) is 5.68. The molecular formula is C17H23N3O4. The lowest BCUT2D eigenvalue weighted by molar-refractivity contribution is 0.202. The van der Waals surface area contributed by atoms with E-state index >= 15 is 0 Å². The summed E-state index contributed by atoms with van der Waals surface area (Å²) in [7, 11) is 4.90. The molecule has 0 saturated carbocycles. The zero-order valence-electron chi connectivity index (χ0n) is 14.6. The van der Waals surface area contributed by atoms with Crippen LogP contribution in [0.3, 0.4) is 0 Å². The van der Waals surface area contributed by atoms with E-state index in [0.717, 1.165) is 5.56 Å². The summed E-state index contributed by atoms with van der Waals surface area (Å²) >= 11 is 0. The van der Waals surface area contributed by atoms with Gasteiger partial charge in [-0.25, -0.2) is 4.79 Å². The number of aromatic nitrogens is 1. The van der Waals surface area contributed by atoms with E-state index in [0.29, 0.717) is 29.5 Å². The maximum atomic E-state index is 12.4. The molecule has 1 heterocycles. The van der Waals surface area contributed by atoms with Crippen LogP contribution in [0, 0.1) is 6.92 Å². The largest absolute Gasteiger partial charge is 0.497 e. The molecule has 0 aliphatic carbocycles. The summed E-state index contributed by atoms with van der Waals surface area (Å²) in [6.07, 6.45) is 0. The number of benzene rings is 1. The number of carbonyl (C=O) groups excluding carboxylic acids is 1. The van der Waals surface area contributed by atoms with Gasteiger partial charge in [0.25, 0.3) is 0 Å². The number of urea groups is 1. The van der Waals surface area contributed by atoms with E-state index in [1.165, 1.54) is 0 Å². The van der Waals surface area contributed by atoms with Crippen molar-refractivity contribution in [3.05, 3.63) is 41.3 Å². The summed E-state index contributed by atoms with van der Waals surface area (Å²) in [5, 5.41) is 6.83. The van der Waals surface area contributed by atoms with Crippen molar-refractivity contribution >= 4 is 6.03 Å². The molecule has 130 valence electrons. The van der Waals surface area contributed by atoms with Crippen molar-refractivity contribution < 1.29 is 18.8 Å². The SMILES string of the molecule is COc1ccc(OC)c([C@H](C)NC(=O)N(C)Cc2cc(C)on2)c1. The van der Waals surface area contributed by atoms with Crippen LogP contribution in [0.1, 0.15) is 30.0 Å². The fourth-order valence-corrected chi connectivity index (χ4v) is 2.36. The first-order valence-corrected chi connectivity index (χ1v) is 7.60. The highest BCUT2D eigenvalue weighted by Crippen LogP contribution is 2.29. The summed E-state index contributed by atoms with van der Waals surface area (Å²) in [5.74, 6) is 2.12. The quantitative estimate of drug-likeness (QED) is 0.879. The van der Waals surface area contributed by atoms with Crippen molar-refractivity contribution in [2.75, 3.05) is 21.3 Å². The Morgan fingerprint density at radius 3 is 2.67 bits per heavy atom. The molecule has 0 unspecified atom stereocenters. The fraction of sp³-hybridized carbons (Fsp3) is 0.412. The molecule has 0 radical (unpaired) electrons. The topological polar surface area (TPSA) is 76.8 Å². The van der Waals surface area contributed by atoms with E-state index in [2.05, 4.69) is 10.5 Å². The van der Waals surface area contributed by atoms with Crippen molar-refractivity contribution in [2.45, 2.75) is 26.4 Å². The highest BCUT2D eigenvalue weighted by atomic mass is 16.5. The maximum Gasteiger partial charge on any atom is 0.317 e. The average Bonchev–Trinajstić information content (AvgIpc) is 2.98. The van der Waals surface area contributed by atoms with Crippen LogP contribution >= 0.6 is 0 Å². The molecule has 2 rings (SSSR count). The lowest BCUT2D eigenvalue weighted by atomic mass is 10.1. The zero-order valence-corrected chi connectivity index (χ0v) is 14.6. The Morgan fingerprint density at radius 1 is 1.33 bits per heavy atom. The minimum Gasteiger partial charge on any atom is -0.497 e. The Hall–Kier alpha value is -2.70. The lowest BCUT2D eigenvalue weighted by Crippen LogP contribution is -2.38. The fourth-order valence-electron chi connectivity index (χ4n) is 2.36. The summed E-state index contributed by atoms with van der Waals surface area (Å²) < 4.78 is 15.6. The number of aryl methyl sites for hydroxylation is 1. The number of rotatable bonds is 6. The minimum absolute atomic E-state index is 0.215. The molecule has 0 aliphatic rings. The van der Waals surface area contributed by atoms with Gasteiger partial charge in [0.15, 0.2) is 0 Å². The molecule has 1 aromatic carbocycles. The molecule has 0 spiro atoms. The second kappa shape index (κ2) is 7.72. The van der Waals surface area contributed by atoms with E-state index in [4.69, 9.17) is 14.0 Å². The summed E-state index contributed by atoms with van der Waals surface area (Å²) in [4.78, 5) is 13.9. The van der Waals surface area contributed by atoms with Gasteiger partial charge in [-0.2, -0.15) is 0 Å². The van der Waals surface area contributed by atoms with E-state index < -0.39 is 0 Å². The smallest absolute Gasteiger partial charge is 0.317 e. The van der Waals surface area contributed by atoms with Gasteiger partial charge in [0.05, 0.1) is 26.8 Å². The van der Waals surface area contributed by atoms with Crippen LogP contribution in [0.25, 0.3) is 0 Å². The lowest BCUT2D eigenvalue weighted by Gasteiger charge is -2.22. The molecule has 1 aromatic heterocycles. The highest BCUT2D eigenvalue weighted by Gasteiger charge is 2.18. The summed E-state index contributed by atoms with van der Waals surface area (Å²) in [6.45, 7) is 4.07. The van der Waals surface area contributed by atoms with Gasteiger partial charge < -0.3 is 24.2 Å². The Balaban J connectivity index is 2.05. The van der Waals surface area contributed by atoms with E-state index in [1.54, 1.807) is 32.2 Å². The monoisotopic (exact) mass is 333 g/mol. The van der Waals surface area contributed by atoms with Gasteiger partial charge in [0.2, 0.25) is 0 Å². The molecule has 7 heteroatoms. The van der Waals surface area contributed by atoms with E-state index in [9.17, 15) is 4.79 Å². The third-order valence-corrected chi connectivity index (χ3v) is 3.67. The number of methoxy groups -OCH3 is 2. The average molecular weight is 333 g/mol.